The van der Waals surface area contributed by atoms with E-state index in [4.69, 9.17) is 0 Å². The highest BCUT2D eigenvalue weighted by Gasteiger charge is 2.39. The molecule has 1 saturated carbocycles. The van der Waals surface area contributed by atoms with Crippen molar-refractivity contribution in [1.29, 1.82) is 0 Å². The van der Waals surface area contributed by atoms with Crippen molar-refractivity contribution in [3.63, 3.8) is 0 Å². The molecule has 1 aliphatic carbocycles. The summed E-state index contributed by atoms with van der Waals surface area (Å²) < 4.78 is 23.0. The van der Waals surface area contributed by atoms with Gasteiger partial charge in [0.25, 0.3) is 0 Å². The summed E-state index contributed by atoms with van der Waals surface area (Å²) in [6.07, 6.45) is 5.68. The number of rotatable bonds is 3. The maximum Gasteiger partial charge on any atom is 0.150 e. The molecule has 2 fully saturated rings. The Bertz CT molecular complexity index is 385. The zero-order valence-corrected chi connectivity index (χ0v) is 11.3. The van der Waals surface area contributed by atoms with Crippen LogP contribution in [0.1, 0.15) is 45.4 Å². The lowest BCUT2D eigenvalue weighted by atomic mass is 9.73. The third-order valence-electron chi connectivity index (χ3n) is 4.33. The molecule has 17 heavy (non-hydrogen) atoms. The van der Waals surface area contributed by atoms with Gasteiger partial charge in [0.15, 0.2) is 9.84 Å². The Morgan fingerprint density at radius 1 is 1.29 bits per heavy atom. The largest absolute Gasteiger partial charge is 0.299 e. The van der Waals surface area contributed by atoms with Gasteiger partial charge in [-0.2, -0.15) is 0 Å². The van der Waals surface area contributed by atoms with Crippen LogP contribution in [0, 0.1) is 17.8 Å². The smallest absolute Gasteiger partial charge is 0.150 e. The molecule has 0 N–H and O–H groups in total. The van der Waals surface area contributed by atoms with Gasteiger partial charge in [0, 0.05) is 12.3 Å². The van der Waals surface area contributed by atoms with Crippen molar-refractivity contribution in [3.05, 3.63) is 0 Å². The van der Waals surface area contributed by atoms with Gasteiger partial charge < -0.3 is 0 Å². The maximum absolute atomic E-state index is 11.9. The van der Waals surface area contributed by atoms with Gasteiger partial charge in [-0.05, 0) is 31.1 Å². The molecule has 2 aliphatic rings. The third kappa shape index (κ3) is 3.09. The van der Waals surface area contributed by atoms with Crippen LogP contribution in [-0.4, -0.2) is 25.7 Å². The minimum Gasteiger partial charge on any atom is -0.299 e. The molecule has 4 heteroatoms. The normalized spacial score (nSPS) is 37.2. The lowest BCUT2D eigenvalue weighted by molar-refractivity contribution is -0.127. The molecule has 3 atom stereocenters. The SMILES string of the molecule is CCCC1CCC(=O)C(C2CCS(=O)(=O)C2)C1. The molecule has 2 rings (SSSR count). The number of Topliss-reactive ketones (excluding diaryl/α,β-unsaturated/α-hetero) is 1. The van der Waals surface area contributed by atoms with E-state index in [-0.39, 0.29) is 17.6 Å². The van der Waals surface area contributed by atoms with E-state index < -0.39 is 9.84 Å². The molecule has 98 valence electrons. The summed E-state index contributed by atoms with van der Waals surface area (Å²) in [5.74, 6) is 1.66. The number of carbonyl (C=O) groups is 1. The summed E-state index contributed by atoms with van der Waals surface area (Å²) in [6, 6.07) is 0. The highest BCUT2D eigenvalue weighted by Crippen LogP contribution is 2.37. The van der Waals surface area contributed by atoms with E-state index >= 15 is 0 Å². The van der Waals surface area contributed by atoms with Crippen molar-refractivity contribution >= 4 is 15.6 Å². The number of sulfone groups is 1. The Kier molecular flexibility index (Phi) is 3.91. The number of hydrogen-bond donors (Lipinski definition) is 0. The fourth-order valence-electron chi connectivity index (χ4n) is 3.41. The van der Waals surface area contributed by atoms with Crippen molar-refractivity contribution in [1.82, 2.24) is 0 Å². The minimum absolute atomic E-state index is 0.0394. The summed E-state index contributed by atoms with van der Waals surface area (Å²) in [5.41, 5.74) is 0. The van der Waals surface area contributed by atoms with Crippen molar-refractivity contribution in [2.45, 2.75) is 45.4 Å². The van der Waals surface area contributed by atoms with Gasteiger partial charge >= 0.3 is 0 Å². The summed E-state index contributed by atoms with van der Waals surface area (Å²) in [6.45, 7) is 2.17. The Balaban J connectivity index is 2.01. The lowest BCUT2D eigenvalue weighted by Gasteiger charge is -2.31. The van der Waals surface area contributed by atoms with Crippen molar-refractivity contribution in [2.75, 3.05) is 11.5 Å². The van der Waals surface area contributed by atoms with Gasteiger partial charge in [-0.25, -0.2) is 8.42 Å². The minimum atomic E-state index is -2.85. The van der Waals surface area contributed by atoms with Gasteiger partial charge in [0.1, 0.15) is 5.78 Å². The molecular formula is C13H22O3S. The van der Waals surface area contributed by atoms with Crippen molar-refractivity contribution in [3.8, 4) is 0 Å². The average Bonchev–Trinajstić information content (AvgIpc) is 2.62. The Labute approximate surface area is 104 Å². The van der Waals surface area contributed by atoms with Crippen LogP contribution in [0.15, 0.2) is 0 Å². The molecule has 0 spiro atoms. The van der Waals surface area contributed by atoms with Crippen LogP contribution in [-0.2, 0) is 14.6 Å². The zero-order valence-electron chi connectivity index (χ0n) is 10.5. The first-order chi connectivity index (χ1) is 8.02. The second-order valence-electron chi connectivity index (χ2n) is 5.66. The Morgan fingerprint density at radius 3 is 2.65 bits per heavy atom. The van der Waals surface area contributed by atoms with Crippen LogP contribution in [0.3, 0.4) is 0 Å². The first-order valence-electron chi connectivity index (χ1n) is 6.75. The molecule has 0 bridgehead atoms. The van der Waals surface area contributed by atoms with Crippen LogP contribution in [0.2, 0.25) is 0 Å². The first-order valence-corrected chi connectivity index (χ1v) is 8.57. The molecule has 1 aliphatic heterocycles. The van der Waals surface area contributed by atoms with Crippen LogP contribution >= 0.6 is 0 Å². The molecule has 0 aromatic heterocycles. The van der Waals surface area contributed by atoms with Crippen LogP contribution in [0.25, 0.3) is 0 Å². The number of ketones is 1. The molecule has 3 unspecified atom stereocenters. The fourth-order valence-corrected chi connectivity index (χ4v) is 5.29. The highest BCUT2D eigenvalue weighted by molar-refractivity contribution is 7.91. The average molecular weight is 258 g/mol. The molecule has 1 saturated heterocycles. The van der Waals surface area contributed by atoms with Crippen molar-refractivity contribution in [2.24, 2.45) is 17.8 Å². The monoisotopic (exact) mass is 258 g/mol. The second kappa shape index (κ2) is 5.09. The van der Waals surface area contributed by atoms with E-state index in [1.165, 1.54) is 6.42 Å². The second-order valence-corrected chi connectivity index (χ2v) is 7.89. The highest BCUT2D eigenvalue weighted by atomic mass is 32.2. The molecule has 3 nitrogen and oxygen atoms in total. The number of carbonyl (C=O) groups excluding carboxylic acids is 1. The van der Waals surface area contributed by atoms with Gasteiger partial charge in [-0.3, -0.25) is 4.79 Å². The standard InChI is InChI=1S/C13H22O3S/c1-2-3-10-4-5-13(14)12(8-10)11-6-7-17(15,16)9-11/h10-12H,2-9H2,1H3. The van der Waals surface area contributed by atoms with Crippen LogP contribution in [0.4, 0.5) is 0 Å². The fraction of sp³-hybridized carbons (Fsp3) is 0.923. The van der Waals surface area contributed by atoms with Gasteiger partial charge in [0.2, 0.25) is 0 Å². The third-order valence-corrected chi connectivity index (χ3v) is 6.13. The number of hydrogen-bond acceptors (Lipinski definition) is 3. The van der Waals surface area contributed by atoms with E-state index in [9.17, 15) is 13.2 Å². The van der Waals surface area contributed by atoms with E-state index in [0.29, 0.717) is 30.3 Å². The molecule has 0 aromatic carbocycles. The van der Waals surface area contributed by atoms with Gasteiger partial charge in [0.05, 0.1) is 11.5 Å². The summed E-state index contributed by atoms with van der Waals surface area (Å²) in [4.78, 5) is 11.9. The van der Waals surface area contributed by atoms with E-state index in [1.54, 1.807) is 0 Å². The van der Waals surface area contributed by atoms with Crippen LogP contribution < -0.4 is 0 Å². The van der Waals surface area contributed by atoms with E-state index in [0.717, 1.165) is 19.3 Å². The summed E-state index contributed by atoms with van der Waals surface area (Å²) >= 11 is 0. The molecule has 0 radical (unpaired) electrons. The zero-order chi connectivity index (χ0) is 12.5. The molecule has 0 aromatic rings. The topological polar surface area (TPSA) is 51.2 Å². The van der Waals surface area contributed by atoms with Crippen molar-refractivity contribution < 1.29 is 13.2 Å². The van der Waals surface area contributed by atoms with Crippen LogP contribution in [0.5, 0.6) is 0 Å². The summed E-state index contributed by atoms with van der Waals surface area (Å²) in [7, 11) is -2.85. The van der Waals surface area contributed by atoms with Gasteiger partial charge in [-0.1, -0.05) is 19.8 Å². The van der Waals surface area contributed by atoms with E-state index in [2.05, 4.69) is 6.92 Å². The van der Waals surface area contributed by atoms with Gasteiger partial charge in [-0.15, -0.1) is 0 Å². The maximum atomic E-state index is 11.9. The molecule has 1 heterocycles. The first kappa shape index (κ1) is 13.1. The predicted octanol–water partition coefficient (Wildman–Crippen LogP) is 2.21. The van der Waals surface area contributed by atoms with E-state index in [1.807, 2.05) is 0 Å². The quantitative estimate of drug-likeness (QED) is 0.780. The summed E-state index contributed by atoms with van der Waals surface area (Å²) in [5, 5.41) is 0. The Morgan fingerprint density at radius 2 is 2.06 bits per heavy atom. The molecule has 0 amide bonds. The molecular weight excluding hydrogens is 236 g/mol. The Hall–Kier alpha value is -0.380. The predicted molar refractivity (Wildman–Crippen MR) is 67.5 cm³/mol. The lowest BCUT2D eigenvalue weighted by Crippen LogP contribution is -2.31.